The average Bonchev–Trinajstić information content (AvgIpc) is 2.43. The third-order valence-electron chi connectivity index (χ3n) is 2.79. The number of aliphatic hydroxyl groups is 1. The van der Waals surface area contributed by atoms with Crippen LogP contribution in [0.3, 0.4) is 0 Å². The highest BCUT2D eigenvalue weighted by Crippen LogP contribution is 2.28. The van der Waals surface area contributed by atoms with Crippen molar-refractivity contribution in [2.24, 2.45) is 5.92 Å². The van der Waals surface area contributed by atoms with Crippen molar-refractivity contribution in [1.82, 2.24) is 9.97 Å². The monoisotopic (exact) mass is 268 g/mol. The van der Waals surface area contributed by atoms with Gasteiger partial charge in [0, 0.05) is 19.7 Å². The second-order valence-electron chi connectivity index (χ2n) is 4.53. The summed E-state index contributed by atoms with van der Waals surface area (Å²) < 4.78 is 5.37. The van der Waals surface area contributed by atoms with E-state index in [1.54, 1.807) is 7.11 Å². The van der Waals surface area contributed by atoms with E-state index in [0.29, 0.717) is 23.3 Å². The molecule has 1 rings (SSSR count). The molecule has 0 bridgehead atoms. The number of aromatic nitrogens is 2. The molecule has 1 unspecified atom stereocenters. The first-order valence-electron chi connectivity index (χ1n) is 6.70. The van der Waals surface area contributed by atoms with E-state index in [1.165, 1.54) is 6.33 Å². The van der Waals surface area contributed by atoms with Gasteiger partial charge < -0.3 is 20.5 Å². The SMILES string of the molecule is CCCNc1ncnc(NCC(C)CCO)c1OC. The fraction of sp³-hybridized carbons (Fsp3) is 0.692. The third kappa shape index (κ3) is 4.90. The van der Waals surface area contributed by atoms with Crippen LogP contribution in [0.2, 0.25) is 0 Å². The summed E-state index contributed by atoms with van der Waals surface area (Å²) in [7, 11) is 1.61. The van der Waals surface area contributed by atoms with Crippen molar-refractivity contribution < 1.29 is 9.84 Å². The van der Waals surface area contributed by atoms with Gasteiger partial charge in [0.05, 0.1) is 7.11 Å². The largest absolute Gasteiger partial charge is 0.490 e. The van der Waals surface area contributed by atoms with Gasteiger partial charge in [0.15, 0.2) is 11.6 Å². The summed E-state index contributed by atoms with van der Waals surface area (Å²) in [6.45, 7) is 5.95. The van der Waals surface area contributed by atoms with E-state index >= 15 is 0 Å². The first kappa shape index (κ1) is 15.5. The molecule has 3 N–H and O–H groups in total. The zero-order valence-electron chi connectivity index (χ0n) is 11.9. The number of aliphatic hydroxyl groups excluding tert-OH is 1. The molecule has 6 heteroatoms. The zero-order valence-corrected chi connectivity index (χ0v) is 11.9. The Hall–Kier alpha value is -1.56. The number of anilines is 2. The van der Waals surface area contributed by atoms with Gasteiger partial charge >= 0.3 is 0 Å². The lowest BCUT2D eigenvalue weighted by Crippen LogP contribution is -2.15. The minimum Gasteiger partial charge on any atom is -0.490 e. The number of methoxy groups -OCH3 is 1. The van der Waals surface area contributed by atoms with E-state index in [9.17, 15) is 0 Å². The predicted octanol–water partition coefficient (Wildman–Crippen LogP) is 1.74. The van der Waals surface area contributed by atoms with Crippen molar-refractivity contribution in [3.63, 3.8) is 0 Å². The maximum absolute atomic E-state index is 8.89. The molecule has 1 heterocycles. The topological polar surface area (TPSA) is 79.3 Å². The molecule has 19 heavy (non-hydrogen) atoms. The first-order chi connectivity index (χ1) is 9.22. The molecule has 0 saturated heterocycles. The fourth-order valence-electron chi connectivity index (χ4n) is 1.66. The molecule has 0 radical (unpaired) electrons. The van der Waals surface area contributed by atoms with Gasteiger partial charge in [0.25, 0.3) is 0 Å². The predicted molar refractivity (Wildman–Crippen MR) is 76.7 cm³/mol. The molecular formula is C13H24N4O2. The second-order valence-corrected chi connectivity index (χ2v) is 4.53. The van der Waals surface area contributed by atoms with Gasteiger partial charge in [-0.05, 0) is 18.8 Å². The molecule has 0 fully saturated rings. The van der Waals surface area contributed by atoms with Gasteiger partial charge in [0.2, 0.25) is 5.75 Å². The number of nitrogens with zero attached hydrogens (tertiary/aromatic N) is 2. The highest BCUT2D eigenvalue weighted by molar-refractivity contribution is 5.63. The smallest absolute Gasteiger partial charge is 0.204 e. The molecule has 1 aromatic rings. The number of rotatable bonds is 9. The normalized spacial score (nSPS) is 12.0. The van der Waals surface area contributed by atoms with Gasteiger partial charge in [-0.3, -0.25) is 0 Å². The molecule has 0 aliphatic carbocycles. The molecular weight excluding hydrogens is 244 g/mol. The van der Waals surface area contributed by atoms with Crippen molar-refractivity contribution in [3.05, 3.63) is 6.33 Å². The number of hydrogen-bond acceptors (Lipinski definition) is 6. The van der Waals surface area contributed by atoms with Crippen LogP contribution in [-0.2, 0) is 0 Å². The fourth-order valence-corrected chi connectivity index (χ4v) is 1.66. The standard InChI is InChI=1S/C13H24N4O2/c1-4-6-14-12-11(19-3)13(17-9-16-12)15-8-10(2)5-7-18/h9-10,18H,4-8H2,1-3H3,(H2,14,15,16,17). The molecule has 1 atom stereocenters. The lowest BCUT2D eigenvalue weighted by molar-refractivity contribution is 0.265. The Morgan fingerprint density at radius 2 is 2.00 bits per heavy atom. The highest BCUT2D eigenvalue weighted by atomic mass is 16.5. The zero-order chi connectivity index (χ0) is 14.1. The van der Waals surface area contributed by atoms with Crippen LogP contribution in [0, 0.1) is 5.92 Å². The van der Waals surface area contributed by atoms with Gasteiger partial charge in [0.1, 0.15) is 6.33 Å². The molecule has 0 aliphatic heterocycles. The van der Waals surface area contributed by atoms with Crippen molar-refractivity contribution >= 4 is 11.6 Å². The number of hydrogen-bond donors (Lipinski definition) is 3. The Morgan fingerprint density at radius 1 is 1.32 bits per heavy atom. The third-order valence-corrected chi connectivity index (χ3v) is 2.79. The van der Waals surface area contributed by atoms with Crippen LogP contribution >= 0.6 is 0 Å². The Kier molecular flexibility index (Phi) is 6.95. The van der Waals surface area contributed by atoms with Crippen LogP contribution in [0.1, 0.15) is 26.7 Å². The average molecular weight is 268 g/mol. The summed E-state index contributed by atoms with van der Waals surface area (Å²) in [6.07, 6.45) is 3.30. The summed E-state index contributed by atoms with van der Waals surface area (Å²) in [6, 6.07) is 0. The summed E-state index contributed by atoms with van der Waals surface area (Å²) >= 11 is 0. The molecule has 0 saturated carbocycles. The summed E-state index contributed by atoms with van der Waals surface area (Å²) in [4.78, 5) is 8.38. The van der Waals surface area contributed by atoms with E-state index < -0.39 is 0 Å². The lowest BCUT2D eigenvalue weighted by Gasteiger charge is -2.16. The van der Waals surface area contributed by atoms with Crippen LogP contribution in [0.4, 0.5) is 11.6 Å². The molecule has 6 nitrogen and oxygen atoms in total. The summed E-state index contributed by atoms with van der Waals surface area (Å²) in [5.74, 6) is 2.39. The molecule has 0 spiro atoms. The maximum Gasteiger partial charge on any atom is 0.204 e. The van der Waals surface area contributed by atoms with Crippen molar-refractivity contribution in [2.75, 3.05) is 37.4 Å². The van der Waals surface area contributed by atoms with Crippen LogP contribution in [0.15, 0.2) is 6.33 Å². The summed E-state index contributed by atoms with van der Waals surface area (Å²) in [5.41, 5.74) is 0. The Morgan fingerprint density at radius 3 is 2.58 bits per heavy atom. The Labute approximate surface area is 114 Å². The van der Waals surface area contributed by atoms with Crippen LogP contribution in [-0.4, -0.2) is 41.9 Å². The van der Waals surface area contributed by atoms with Crippen LogP contribution < -0.4 is 15.4 Å². The minimum absolute atomic E-state index is 0.201. The molecule has 1 aromatic heterocycles. The Bertz CT molecular complexity index is 374. The van der Waals surface area contributed by atoms with Crippen LogP contribution in [0.5, 0.6) is 5.75 Å². The molecule has 108 valence electrons. The van der Waals surface area contributed by atoms with Gasteiger partial charge in [-0.1, -0.05) is 13.8 Å². The maximum atomic E-state index is 8.89. The minimum atomic E-state index is 0.201. The number of ether oxygens (including phenoxy) is 1. The second kappa shape index (κ2) is 8.53. The van der Waals surface area contributed by atoms with E-state index in [1.807, 2.05) is 0 Å². The van der Waals surface area contributed by atoms with Gasteiger partial charge in [-0.2, -0.15) is 0 Å². The molecule has 0 amide bonds. The lowest BCUT2D eigenvalue weighted by atomic mass is 10.1. The quantitative estimate of drug-likeness (QED) is 0.633. The number of nitrogens with one attached hydrogen (secondary N) is 2. The molecule has 0 aromatic carbocycles. The van der Waals surface area contributed by atoms with E-state index in [-0.39, 0.29) is 6.61 Å². The van der Waals surface area contributed by atoms with Gasteiger partial charge in [-0.15, -0.1) is 0 Å². The molecule has 0 aliphatic rings. The van der Waals surface area contributed by atoms with Gasteiger partial charge in [-0.25, -0.2) is 9.97 Å². The van der Waals surface area contributed by atoms with Crippen molar-refractivity contribution in [3.8, 4) is 5.75 Å². The van der Waals surface area contributed by atoms with Crippen molar-refractivity contribution in [2.45, 2.75) is 26.7 Å². The first-order valence-corrected chi connectivity index (χ1v) is 6.70. The Balaban J connectivity index is 2.71. The van der Waals surface area contributed by atoms with E-state index in [4.69, 9.17) is 9.84 Å². The van der Waals surface area contributed by atoms with Crippen LogP contribution in [0.25, 0.3) is 0 Å². The van der Waals surface area contributed by atoms with E-state index in [0.717, 1.165) is 25.9 Å². The van der Waals surface area contributed by atoms with E-state index in [2.05, 4.69) is 34.4 Å². The highest BCUT2D eigenvalue weighted by Gasteiger charge is 2.12. The van der Waals surface area contributed by atoms with Crippen molar-refractivity contribution in [1.29, 1.82) is 0 Å². The summed E-state index contributed by atoms with van der Waals surface area (Å²) in [5, 5.41) is 15.3.